The Morgan fingerprint density at radius 1 is 0.667 bits per heavy atom. The minimum absolute atomic E-state index is 0.221. The van der Waals surface area contributed by atoms with Crippen molar-refractivity contribution >= 4 is 23.2 Å². The van der Waals surface area contributed by atoms with E-state index in [9.17, 15) is 0 Å². The smallest absolute Gasteiger partial charge is 0.0893 e. The molecule has 1 saturated carbocycles. The van der Waals surface area contributed by atoms with Crippen LogP contribution in [0.5, 0.6) is 0 Å². The normalized spacial score (nSPS) is 54.7. The maximum atomic E-state index is 6.94. The molecule has 2 heteroatoms. The van der Waals surface area contributed by atoms with Gasteiger partial charge in [0.25, 0.3) is 0 Å². The van der Waals surface area contributed by atoms with Gasteiger partial charge in [0.05, 0.1) is 9.75 Å². The predicted molar refractivity (Wildman–Crippen MR) is 79.4 cm³/mol. The molecule has 0 unspecified atom stereocenters. The van der Waals surface area contributed by atoms with Crippen LogP contribution in [0, 0.1) is 10.8 Å². The molecule has 0 aromatic carbocycles. The summed E-state index contributed by atoms with van der Waals surface area (Å²) in [6.07, 6.45) is 1.96. The highest BCUT2D eigenvalue weighted by atomic mass is 35.5. The summed E-state index contributed by atoms with van der Waals surface area (Å²) in [5.41, 5.74) is 6.11. The van der Waals surface area contributed by atoms with E-state index in [0.29, 0.717) is 0 Å². The third-order valence-corrected chi connectivity index (χ3v) is 8.59. The van der Waals surface area contributed by atoms with Crippen molar-refractivity contribution in [3.05, 3.63) is 22.3 Å². The van der Waals surface area contributed by atoms with Crippen LogP contribution < -0.4 is 0 Å². The van der Waals surface area contributed by atoms with Gasteiger partial charge in [-0.1, -0.05) is 25.0 Å². The van der Waals surface area contributed by atoms with Crippen molar-refractivity contribution in [3.63, 3.8) is 0 Å². The fraction of sp³-hybridized carbons (Fsp3) is 0.750. The third kappa shape index (κ3) is 0.946. The molecule has 100 valence electrons. The average Bonchev–Trinajstić information content (AvgIpc) is 2.33. The van der Waals surface area contributed by atoms with Crippen LogP contribution in [-0.2, 0) is 0 Å². The standard InChI is InChI=1S/C16H22Cl2/c1-9-10(2)14(6)8-16(18)12(4)11(3)15(16,17)7-13(9,14)5/h7-8H2,1-6H3/t13-,14+,15-,16-/m0/s1. The van der Waals surface area contributed by atoms with Crippen molar-refractivity contribution < 1.29 is 0 Å². The van der Waals surface area contributed by atoms with Crippen LogP contribution in [0.2, 0.25) is 0 Å². The molecule has 0 aromatic rings. The Morgan fingerprint density at radius 2 is 0.944 bits per heavy atom. The highest BCUT2D eigenvalue weighted by molar-refractivity contribution is 6.40. The monoisotopic (exact) mass is 284 g/mol. The molecule has 4 atom stereocenters. The van der Waals surface area contributed by atoms with E-state index in [0.717, 1.165) is 12.8 Å². The molecule has 0 aromatic heterocycles. The number of halogens is 2. The van der Waals surface area contributed by atoms with Gasteiger partial charge in [0.2, 0.25) is 0 Å². The van der Waals surface area contributed by atoms with Gasteiger partial charge in [-0.2, -0.15) is 0 Å². The Hall–Kier alpha value is 0.0600. The number of hydrogen-bond donors (Lipinski definition) is 0. The summed E-state index contributed by atoms with van der Waals surface area (Å²) in [5, 5.41) is 0. The number of alkyl halides is 2. The van der Waals surface area contributed by atoms with Crippen LogP contribution >= 0.6 is 23.2 Å². The molecule has 0 amide bonds. The van der Waals surface area contributed by atoms with Crippen molar-refractivity contribution in [1.29, 1.82) is 0 Å². The average molecular weight is 285 g/mol. The summed E-state index contributed by atoms with van der Waals surface area (Å²) in [6.45, 7) is 13.6. The number of rotatable bonds is 0. The summed E-state index contributed by atoms with van der Waals surface area (Å²) >= 11 is 13.9. The maximum absolute atomic E-state index is 6.94. The Balaban J connectivity index is 2.16. The summed E-state index contributed by atoms with van der Waals surface area (Å²) < 4.78 is 0. The first kappa shape index (κ1) is 13.1. The van der Waals surface area contributed by atoms with E-state index in [2.05, 4.69) is 41.5 Å². The third-order valence-electron chi connectivity index (χ3n) is 7.01. The zero-order chi connectivity index (χ0) is 13.7. The van der Waals surface area contributed by atoms with Crippen LogP contribution in [0.3, 0.4) is 0 Å². The van der Waals surface area contributed by atoms with Gasteiger partial charge in [-0.05, 0) is 62.5 Å². The lowest BCUT2D eigenvalue weighted by Crippen LogP contribution is -2.69. The molecule has 0 nitrogen and oxygen atoms in total. The second-order valence-electron chi connectivity index (χ2n) is 7.12. The molecule has 0 aliphatic heterocycles. The van der Waals surface area contributed by atoms with Gasteiger partial charge in [0.1, 0.15) is 0 Å². The van der Waals surface area contributed by atoms with Crippen LogP contribution in [0.15, 0.2) is 22.3 Å². The SMILES string of the molecule is CC1=C(C)[C@@]2(C)C[C@]3(Cl)C(C)=C(C)[C@@]3(Cl)C[C@@]12C. The molecule has 18 heavy (non-hydrogen) atoms. The van der Waals surface area contributed by atoms with E-state index in [4.69, 9.17) is 23.2 Å². The van der Waals surface area contributed by atoms with E-state index >= 15 is 0 Å². The zero-order valence-electron chi connectivity index (χ0n) is 12.2. The Labute approximate surface area is 120 Å². The number of allylic oxidation sites excluding steroid dienone is 4. The van der Waals surface area contributed by atoms with E-state index in [1.54, 1.807) is 0 Å². The fourth-order valence-electron chi connectivity index (χ4n) is 4.89. The van der Waals surface area contributed by atoms with Crippen molar-refractivity contribution in [2.75, 3.05) is 0 Å². The maximum Gasteiger partial charge on any atom is 0.0893 e. The van der Waals surface area contributed by atoms with Crippen molar-refractivity contribution in [3.8, 4) is 0 Å². The van der Waals surface area contributed by atoms with Crippen molar-refractivity contribution in [1.82, 2.24) is 0 Å². The minimum Gasteiger partial charge on any atom is -0.112 e. The first-order valence-corrected chi connectivity index (χ1v) is 7.55. The van der Waals surface area contributed by atoms with Crippen LogP contribution in [0.1, 0.15) is 54.4 Å². The molecule has 0 N–H and O–H groups in total. The van der Waals surface area contributed by atoms with Gasteiger partial charge in [-0.25, -0.2) is 0 Å². The van der Waals surface area contributed by atoms with Crippen LogP contribution in [0.25, 0.3) is 0 Å². The van der Waals surface area contributed by atoms with E-state index < -0.39 is 0 Å². The van der Waals surface area contributed by atoms with Gasteiger partial charge in [-0.3, -0.25) is 0 Å². The Kier molecular flexibility index (Phi) is 2.20. The lowest BCUT2D eigenvalue weighted by Gasteiger charge is -2.71. The molecule has 3 aliphatic rings. The quantitative estimate of drug-likeness (QED) is 0.410. The van der Waals surface area contributed by atoms with E-state index in [1.807, 2.05) is 0 Å². The Bertz CT molecular complexity index is 437. The number of fused-ring (bicyclic) bond motifs is 2. The topological polar surface area (TPSA) is 0 Å². The van der Waals surface area contributed by atoms with Crippen molar-refractivity contribution in [2.45, 2.75) is 64.1 Å². The molecule has 0 radical (unpaired) electrons. The summed E-state index contributed by atoms with van der Waals surface area (Å²) in [5.74, 6) is 0. The number of hydrogen-bond acceptors (Lipinski definition) is 0. The molecule has 3 rings (SSSR count). The van der Waals surface area contributed by atoms with Crippen LogP contribution in [0.4, 0.5) is 0 Å². The van der Waals surface area contributed by atoms with Gasteiger partial charge < -0.3 is 0 Å². The van der Waals surface area contributed by atoms with Gasteiger partial charge in [0, 0.05) is 0 Å². The van der Waals surface area contributed by atoms with Gasteiger partial charge >= 0.3 is 0 Å². The molecule has 3 aliphatic carbocycles. The lowest BCUT2D eigenvalue weighted by atomic mass is 9.37. The van der Waals surface area contributed by atoms with E-state index in [1.165, 1.54) is 22.3 Å². The molecule has 0 heterocycles. The molecule has 0 saturated heterocycles. The summed E-state index contributed by atoms with van der Waals surface area (Å²) in [4.78, 5) is -0.649. The van der Waals surface area contributed by atoms with Crippen molar-refractivity contribution in [2.24, 2.45) is 10.8 Å². The molecule has 1 fully saturated rings. The van der Waals surface area contributed by atoms with Gasteiger partial charge in [-0.15, -0.1) is 23.2 Å². The molecular formula is C16H22Cl2. The lowest BCUT2D eigenvalue weighted by molar-refractivity contribution is 0.00364. The predicted octanol–water partition coefficient (Wildman–Crippen LogP) is 5.45. The Morgan fingerprint density at radius 3 is 1.22 bits per heavy atom. The fourth-order valence-corrected chi connectivity index (χ4v) is 6.13. The first-order chi connectivity index (χ1) is 8.04. The second-order valence-corrected chi connectivity index (χ2v) is 8.41. The minimum atomic E-state index is -0.325. The van der Waals surface area contributed by atoms with Gasteiger partial charge in [0.15, 0.2) is 0 Å². The largest absolute Gasteiger partial charge is 0.112 e. The van der Waals surface area contributed by atoms with E-state index in [-0.39, 0.29) is 20.6 Å². The molecular weight excluding hydrogens is 263 g/mol. The zero-order valence-corrected chi connectivity index (χ0v) is 13.7. The summed E-state index contributed by atoms with van der Waals surface area (Å²) in [7, 11) is 0. The van der Waals surface area contributed by atoms with Crippen LogP contribution in [-0.4, -0.2) is 9.75 Å². The highest BCUT2D eigenvalue weighted by Crippen LogP contribution is 2.77. The second kappa shape index (κ2) is 3.04. The molecule has 0 bridgehead atoms. The highest BCUT2D eigenvalue weighted by Gasteiger charge is 2.73. The first-order valence-electron chi connectivity index (χ1n) is 6.79. The summed E-state index contributed by atoms with van der Waals surface area (Å²) in [6, 6.07) is 0. The molecule has 0 spiro atoms.